The number of carbonyl (C=O) groups is 1. The van der Waals surface area contributed by atoms with E-state index in [1.807, 2.05) is 24.3 Å². The SMILES string of the molecule is COc1ccc(-c2nc3cc(C(C)C)ccc3o2)cc1NC(=O)c1ccc(Cl)cc1. The number of hydrogen-bond donors (Lipinski definition) is 1. The monoisotopic (exact) mass is 420 g/mol. The number of amides is 1. The molecule has 0 aliphatic carbocycles. The number of hydrogen-bond acceptors (Lipinski definition) is 4. The van der Waals surface area contributed by atoms with E-state index in [4.69, 9.17) is 20.8 Å². The summed E-state index contributed by atoms with van der Waals surface area (Å²) in [5.41, 5.74) is 4.49. The predicted molar refractivity (Wildman–Crippen MR) is 119 cm³/mol. The molecule has 0 radical (unpaired) electrons. The Kier molecular flexibility index (Phi) is 5.46. The zero-order valence-electron chi connectivity index (χ0n) is 16.9. The van der Waals surface area contributed by atoms with Crippen LogP contribution in [-0.2, 0) is 0 Å². The molecule has 6 heteroatoms. The number of aromatic nitrogens is 1. The van der Waals surface area contributed by atoms with Gasteiger partial charge in [0.2, 0.25) is 5.89 Å². The molecule has 0 fully saturated rings. The number of benzene rings is 3. The molecule has 0 saturated carbocycles. The molecule has 1 heterocycles. The summed E-state index contributed by atoms with van der Waals surface area (Å²) in [5.74, 6) is 1.17. The van der Waals surface area contributed by atoms with E-state index in [9.17, 15) is 4.79 Å². The topological polar surface area (TPSA) is 64.4 Å². The number of halogens is 1. The Morgan fingerprint density at radius 3 is 2.53 bits per heavy atom. The highest BCUT2D eigenvalue weighted by molar-refractivity contribution is 6.30. The van der Waals surface area contributed by atoms with Crippen LogP contribution in [0.25, 0.3) is 22.6 Å². The highest BCUT2D eigenvalue weighted by Crippen LogP contribution is 2.33. The van der Waals surface area contributed by atoms with Crippen molar-refractivity contribution in [2.45, 2.75) is 19.8 Å². The molecule has 30 heavy (non-hydrogen) atoms. The van der Waals surface area contributed by atoms with Crippen LogP contribution in [-0.4, -0.2) is 18.0 Å². The second-order valence-electron chi connectivity index (χ2n) is 7.28. The normalized spacial score (nSPS) is 11.1. The molecule has 1 aromatic heterocycles. The summed E-state index contributed by atoms with van der Waals surface area (Å²) >= 11 is 5.90. The molecule has 0 aliphatic heterocycles. The number of rotatable bonds is 5. The smallest absolute Gasteiger partial charge is 0.255 e. The molecule has 0 aliphatic rings. The number of nitrogens with one attached hydrogen (secondary N) is 1. The molecule has 0 atom stereocenters. The van der Waals surface area contributed by atoms with Crippen molar-refractivity contribution in [3.63, 3.8) is 0 Å². The van der Waals surface area contributed by atoms with E-state index in [1.54, 1.807) is 43.5 Å². The fraction of sp³-hybridized carbons (Fsp3) is 0.167. The average Bonchev–Trinajstić information content (AvgIpc) is 3.17. The van der Waals surface area contributed by atoms with Gasteiger partial charge in [0.05, 0.1) is 12.8 Å². The maximum absolute atomic E-state index is 12.6. The number of ether oxygens (including phenoxy) is 1. The van der Waals surface area contributed by atoms with Gasteiger partial charge in [-0.25, -0.2) is 4.98 Å². The van der Waals surface area contributed by atoms with Gasteiger partial charge in [0.1, 0.15) is 11.3 Å². The lowest BCUT2D eigenvalue weighted by Crippen LogP contribution is -2.12. The van der Waals surface area contributed by atoms with Crippen LogP contribution in [0.15, 0.2) is 65.1 Å². The van der Waals surface area contributed by atoms with E-state index >= 15 is 0 Å². The summed E-state index contributed by atoms with van der Waals surface area (Å²) in [6.45, 7) is 4.28. The summed E-state index contributed by atoms with van der Waals surface area (Å²) < 4.78 is 11.3. The molecule has 0 spiro atoms. The molecule has 1 N–H and O–H groups in total. The van der Waals surface area contributed by atoms with Gasteiger partial charge in [0, 0.05) is 16.1 Å². The molecule has 4 aromatic rings. The van der Waals surface area contributed by atoms with Crippen molar-refractivity contribution in [3.8, 4) is 17.2 Å². The van der Waals surface area contributed by atoms with Crippen LogP contribution in [0.4, 0.5) is 5.69 Å². The summed E-state index contributed by atoms with van der Waals surface area (Å²) in [6, 6.07) is 18.1. The van der Waals surface area contributed by atoms with Crippen molar-refractivity contribution in [2.24, 2.45) is 0 Å². The first kappa shape index (κ1) is 20.0. The van der Waals surface area contributed by atoms with E-state index in [1.165, 1.54) is 5.56 Å². The number of fused-ring (bicyclic) bond motifs is 1. The zero-order valence-corrected chi connectivity index (χ0v) is 17.7. The van der Waals surface area contributed by atoms with Crippen molar-refractivity contribution in [1.82, 2.24) is 4.98 Å². The highest BCUT2D eigenvalue weighted by atomic mass is 35.5. The number of oxazole rings is 1. The van der Waals surface area contributed by atoms with Gasteiger partial charge in [-0.1, -0.05) is 31.5 Å². The minimum atomic E-state index is -0.263. The van der Waals surface area contributed by atoms with Gasteiger partial charge in [-0.15, -0.1) is 0 Å². The highest BCUT2D eigenvalue weighted by Gasteiger charge is 2.15. The third-order valence-corrected chi connectivity index (χ3v) is 5.13. The van der Waals surface area contributed by atoms with Gasteiger partial charge in [-0.05, 0) is 66.1 Å². The lowest BCUT2D eigenvalue weighted by Gasteiger charge is -2.11. The second kappa shape index (κ2) is 8.20. The van der Waals surface area contributed by atoms with Gasteiger partial charge < -0.3 is 14.5 Å². The third kappa shape index (κ3) is 4.02. The van der Waals surface area contributed by atoms with Crippen LogP contribution in [0.1, 0.15) is 35.7 Å². The fourth-order valence-electron chi connectivity index (χ4n) is 3.16. The van der Waals surface area contributed by atoms with Crippen LogP contribution in [0.3, 0.4) is 0 Å². The van der Waals surface area contributed by atoms with E-state index in [2.05, 4.69) is 24.1 Å². The Labute approximate surface area is 179 Å². The Morgan fingerprint density at radius 2 is 1.83 bits per heavy atom. The van der Waals surface area contributed by atoms with Crippen LogP contribution >= 0.6 is 11.6 Å². The fourth-order valence-corrected chi connectivity index (χ4v) is 3.29. The van der Waals surface area contributed by atoms with Gasteiger partial charge in [0.25, 0.3) is 5.91 Å². The van der Waals surface area contributed by atoms with Crippen LogP contribution in [0, 0.1) is 0 Å². The molecule has 0 bridgehead atoms. The quantitative estimate of drug-likeness (QED) is 0.398. The van der Waals surface area contributed by atoms with Crippen LogP contribution in [0.2, 0.25) is 5.02 Å². The molecule has 1 amide bonds. The summed E-state index contributed by atoms with van der Waals surface area (Å²) in [5, 5.41) is 3.46. The van der Waals surface area contributed by atoms with Gasteiger partial charge in [-0.2, -0.15) is 0 Å². The molecule has 3 aromatic carbocycles. The molecule has 0 saturated heterocycles. The Bertz CT molecular complexity index is 1210. The summed E-state index contributed by atoms with van der Waals surface area (Å²) in [6.07, 6.45) is 0. The molecule has 4 rings (SSSR count). The lowest BCUT2D eigenvalue weighted by atomic mass is 10.0. The number of nitrogens with zero attached hydrogens (tertiary/aromatic N) is 1. The second-order valence-corrected chi connectivity index (χ2v) is 7.71. The van der Waals surface area contributed by atoms with Crippen LogP contribution < -0.4 is 10.1 Å². The minimum Gasteiger partial charge on any atom is -0.495 e. The minimum absolute atomic E-state index is 0.263. The lowest BCUT2D eigenvalue weighted by molar-refractivity contribution is 0.102. The van der Waals surface area contributed by atoms with Crippen LogP contribution in [0.5, 0.6) is 5.75 Å². The zero-order chi connectivity index (χ0) is 21.3. The van der Waals surface area contributed by atoms with Gasteiger partial charge in [-0.3, -0.25) is 4.79 Å². The van der Waals surface area contributed by atoms with Crippen molar-refractivity contribution >= 4 is 34.3 Å². The van der Waals surface area contributed by atoms with E-state index in [0.29, 0.717) is 33.8 Å². The van der Waals surface area contributed by atoms with Crippen molar-refractivity contribution in [1.29, 1.82) is 0 Å². The maximum atomic E-state index is 12.6. The molecule has 152 valence electrons. The molecular weight excluding hydrogens is 400 g/mol. The Hall–Kier alpha value is -3.31. The standard InChI is InChI=1S/C24H21ClN2O3/c1-14(2)16-6-11-22-20(12-16)27-24(30-22)17-7-10-21(29-3)19(13-17)26-23(28)15-4-8-18(25)9-5-15/h4-14H,1-3H3,(H,26,28). The first-order chi connectivity index (χ1) is 14.4. The molecular formula is C24H21ClN2O3. The predicted octanol–water partition coefficient (Wildman–Crippen LogP) is 6.53. The first-order valence-corrected chi connectivity index (χ1v) is 9.98. The summed E-state index contributed by atoms with van der Waals surface area (Å²) in [7, 11) is 1.56. The number of carbonyl (C=O) groups excluding carboxylic acids is 1. The van der Waals surface area contributed by atoms with Gasteiger partial charge >= 0.3 is 0 Å². The first-order valence-electron chi connectivity index (χ1n) is 9.60. The van der Waals surface area contributed by atoms with E-state index in [0.717, 1.165) is 16.7 Å². The largest absolute Gasteiger partial charge is 0.495 e. The maximum Gasteiger partial charge on any atom is 0.255 e. The Balaban J connectivity index is 1.67. The average molecular weight is 421 g/mol. The summed E-state index contributed by atoms with van der Waals surface area (Å²) in [4.78, 5) is 17.3. The number of anilines is 1. The van der Waals surface area contributed by atoms with Gasteiger partial charge in [0.15, 0.2) is 5.58 Å². The number of methoxy groups -OCH3 is 1. The van der Waals surface area contributed by atoms with E-state index in [-0.39, 0.29) is 5.91 Å². The van der Waals surface area contributed by atoms with E-state index < -0.39 is 0 Å². The van der Waals surface area contributed by atoms with Crippen molar-refractivity contribution in [3.05, 3.63) is 76.8 Å². The van der Waals surface area contributed by atoms with Crippen molar-refractivity contribution in [2.75, 3.05) is 12.4 Å². The van der Waals surface area contributed by atoms with Crippen molar-refractivity contribution < 1.29 is 13.9 Å². The molecule has 5 nitrogen and oxygen atoms in total. The Morgan fingerprint density at radius 1 is 1.07 bits per heavy atom. The third-order valence-electron chi connectivity index (χ3n) is 4.88. The molecule has 0 unspecified atom stereocenters.